The molecule has 0 aliphatic heterocycles. The third-order valence-corrected chi connectivity index (χ3v) is 5.47. The zero-order valence-corrected chi connectivity index (χ0v) is 9.43. The maximum Gasteiger partial charge on any atom is 0.0159 e. The van der Waals surface area contributed by atoms with Crippen molar-refractivity contribution in [2.45, 2.75) is 45.8 Å². The van der Waals surface area contributed by atoms with Gasteiger partial charge in [0.2, 0.25) is 0 Å². The van der Waals surface area contributed by atoms with E-state index in [4.69, 9.17) is 0 Å². The Hall–Kier alpha value is 0.350. The minimum Gasteiger partial charge on any atom is -0.159 e. The molecular formula is C10H20S. The van der Waals surface area contributed by atoms with Gasteiger partial charge >= 0.3 is 0 Å². The molecule has 0 radical (unpaired) electrons. The molecule has 0 bridgehead atoms. The second-order valence-corrected chi connectivity index (χ2v) is 6.54. The quantitative estimate of drug-likeness (QED) is 0.613. The summed E-state index contributed by atoms with van der Waals surface area (Å²) in [6.45, 7) is 11.9. The van der Waals surface area contributed by atoms with Crippen LogP contribution in [0.3, 0.4) is 0 Å². The summed E-state index contributed by atoms with van der Waals surface area (Å²) < 4.78 is 0.441. The first-order valence-corrected chi connectivity index (χ1v) is 5.54. The molecule has 1 aliphatic carbocycles. The molecule has 0 heterocycles. The van der Waals surface area contributed by atoms with E-state index in [1.54, 1.807) is 0 Å². The van der Waals surface area contributed by atoms with Gasteiger partial charge in [-0.1, -0.05) is 34.6 Å². The molecule has 0 aromatic heterocycles. The fourth-order valence-electron chi connectivity index (χ4n) is 2.09. The van der Waals surface area contributed by atoms with E-state index in [0.717, 1.165) is 0 Å². The second kappa shape index (κ2) is 2.18. The van der Waals surface area contributed by atoms with Crippen LogP contribution in [0.5, 0.6) is 0 Å². The molecule has 11 heavy (non-hydrogen) atoms. The largest absolute Gasteiger partial charge is 0.159 e. The molecule has 1 unspecified atom stereocenters. The highest BCUT2D eigenvalue weighted by atomic mass is 32.2. The summed E-state index contributed by atoms with van der Waals surface area (Å²) in [6.07, 6.45) is 3.60. The van der Waals surface area contributed by atoms with Crippen molar-refractivity contribution in [2.24, 2.45) is 10.8 Å². The van der Waals surface area contributed by atoms with Crippen LogP contribution >= 0.6 is 11.8 Å². The number of hydrogen-bond donors (Lipinski definition) is 0. The van der Waals surface area contributed by atoms with Crippen molar-refractivity contribution in [1.29, 1.82) is 0 Å². The van der Waals surface area contributed by atoms with Crippen LogP contribution < -0.4 is 0 Å². The van der Waals surface area contributed by atoms with Crippen LogP contribution in [0.4, 0.5) is 0 Å². The van der Waals surface area contributed by atoms with Crippen molar-refractivity contribution >= 4 is 11.8 Å². The van der Waals surface area contributed by atoms with Crippen molar-refractivity contribution in [1.82, 2.24) is 0 Å². The second-order valence-electron chi connectivity index (χ2n) is 5.11. The summed E-state index contributed by atoms with van der Waals surface area (Å²) in [5.74, 6) is 0. The van der Waals surface area contributed by atoms with E-state index in [-0.39, 0.29) is 0 Å². The van der Waals surface area contributed by atoms with Crippen LogP contribution in [0, 0.1) is 10.8 Å². The van der Waals surface area contributed by atoms with E-state index < -0.39 is 0 Å². The fourth-order valence-corrected chi connectivity index (χ4v) is 2.89. The lowest BCUT2D eigenvalue weighted by Crippen LogP contribution is -2.30. The molecule has 0 aromatic carbocycles. The van der Waals surface area contributed by atoms with Gasteiger partial charge in [-0.25, -0.2) is 0 Å². The Labute approximate surface area is 75.1 Å². The summed E-state index contributed by atoms with van der Waals surface area (Å²) in [5, 5.41) is 0. The first-order chi connectivity index (χ1) is 4.77. The van der Waals surface area contributed by atoms with Gasteiger partial charge < -0.3 is 0 Å². The normalized spacial score (nSPS) is 35.5. The SMILES string of the molecule is CSC(C)(C)C1(C)CC1(C)C. The topological polar surface area (TPSA) is 0 Å². The third-order valence-electron chi connectivity index (χ3n) is 4.00. The molecule has 0 N–H and O–H groups in total. The number of thioether (sulfide) groups is 1. The molecule has 1 aliphatic rings. The van der Waals surface area contributed by atoms with E-state index in [2.05, 4.69) is 40.9 Å². The van der Waals surface area contributed by atoms with Gasteiger partial charge in [0.15, 0.2) is 0 Å². The smallest absolute Gasteiger partial charge is 0.0159 e. The highest BCUT2D eigenvalue weighted by Crippen LogP contribution is 2.71. The lowest BCUT2D eigenvalue weighted by Gasteiger charge is -2.33. The van der Waals surface area contributed by atoms with Gasteiger partial charge in [0.1, 0.15) is 0 Å². The van der Waals surface area contributed by atoms with Crippen molar-refractivity contribution in [3.05, 3.63) is 0 Å². The van der Waals surface area contributed by atoms with E-state index in [1.807, 2.05) is 11.8 Å². The molecule has 0 nitrogen and oxygen atoms in total. The van der Waals surface area contributed by atoms with Crippen LogP contribution in [0.25, 0.3) is 0 Å². The van der Waals surface area contributed by atoms with E-state index >= 15 is 0 Å². The Balaban J connectivity index is 2.78. The first kappa shape index (κ1) is 9.44. The maximum atomic E-state index is 2.42. The molecule has 1 atom stereocenters. The van der Waals surface area contributed by atoms with Crippen molar-refractivity contribution in [3.63, 3.8) is 0 Å². The lowest BCUT2D eigenvalue weighted by atomic mass is 9.86. The summed E-state index contributed by atoms with van der Waals surface area (Å²) in [5.41, 5.74) is 1.12. The zero-order valence-electron chi connectivity index (χ0n) is 8.62. The maximum absolute atomic E-state index is 2.42. The van der Waals surface area contributed by atoms with E-state index in [1.165, 1.54) is 6.42 Å². The fraction of sp³-hybridized carbons (Fsp3) is 1.00. The molecule has 1 rings (SSSR count). The Morgan fingerprint density at radius 2 is 1.55 bits per heavy atom. The van der Waals surface area contributed by atoms with E-state index in [9.17, 15) is 0 Å². The van der Waals surface area contributed by atoms with Crippen molar-refractivity contribution in [3.8, 4) is 0 Å². The number of hydrogen-bond acceptors (Lipinski definition) is 1. The first-order valence-electron chi connectivity index (χ1n) is 4.32. The Morgan fingerprint density at radius 1 is 1.18 bits per heavy atom. The lowest BCUT2D eigenvalue weighted by molar-refractivity contribution is 0.342. The summed E-state index contributed by atoms with van der Waals surface area (Å²) in [4.78, 5) is 0. The van der Waals surface area contributed by atoms with Crippen LogP contribution in [0.15, 0.2) is 0 Å². The van der Waals surface area contributed by atoms with Crippen molar-refractivity contribution < 1.29 is 0 Å². The van der Waals surface area contributed by atoms with Crippen LogP contribution in [0.2, 0.25) is 0 Å². The van der Waals surface area contributed by atoms with Gasteiger partial charge in [0.05, 0.1) is 0 Å². The van der Waals surface area contributed by atoms with Gasteiger partial charge in [0, 0.05) is 4.75 Å². The molecular weight excluding hydrogens is 152 g/mol. The Bertz CT molecular complexity index is 170. The molecule has 0 aromatic rings. The molecule has 1 saturated carbocycles. The van der Waals surface area contributed by atoms with Crippen molar-refractivity contribution in [2.75, 3.05) is 6.26 Å². The van der Waals surface area contributed by atoms with Gasteiger partial charge in [-0.3, -0.25) is 0 Å². The molecule has 0 saturated heterocycles. The van der Waals surface area contributed by atoms with E-state index in [0.29, 0.717) is 15.6 Å². The van der Waals surface area contributed by atoms with Crippen LogP contribution in [-0.4, -0.2) is 11.0 Å². The Morgan fingerprint density at radius 3 is 1.64 bits per heavy atom. The zero-order chi connectivity index (χ0) is 8.91. The summed E-state index contributed by atoms with van der Waals surface area (Å²) in [6, 6.07) is 0. The monoisotopic (exact) mass is 172 g/mol. The highest BCUT2D eigenvalue weighted by Gasteiger charge is 2.64. The highest BCUT2D eigenvalue weighted by molar-refractivity contribution is 8.00. The van der Waals surface area contributed by atoms with Gasteiger partial charge in [0.25, 0.3) is 0 Å². The van der Waals surface area contributed by atoms with Gasteiger partial charge in [-0.05, 0) is 23.5 Å². The molecule has 1 fully saturated rings. The molecule has 1 heteroatoms. The average molecular weight is 172 g/mol. The van der Waals surface area contributed by atoms with Gasteiger partial charge in [-0.2, -0.15) is 11.8 Å². The van der Waals surface area contributed by atoms with Crippen LogP contribution in [0.1, 0.15) is 41.0 Å². The summed E-state index contributed by atoms with van der Waals surface area (Å²) in [7, 11) is 0. The predicted octanol–water partition coefficient (Wildman–Crippen LogP) is 3.56. The standard InChI is InChI=1S/C10H20S/c1-8(2)7-10(8,5)9(3,4)11-6/h7H2,1-6H3. The summed E-state index contributed by atoms with van der Waals surface area (Å²) >= 11 is 2.00. The molecule has 66 valence electrons. The van der Waals surface area contributed by atoms with Crippen LogP contribution in [-0.2, 0) is 0 Å². The molecule has 0 amide bonds. The van der Waals surface area contributed by atoms with Gasteiger partial charge in [-0.15, -0.1) is 0 Å². The minimum absolute atomic E-state index is 0.441. The molecule has 0 spiro atoms. The Kier molecular flexibility index (Phi) is 1.87. The predicted molar refractivity (Wildman–Crippen MR) is 54.1 cm³/mol. The minimum atomic E-state index is 0.441. The average Bonchev–Trinajstić information content (AvgIpc) is 2.35. The third kappa shape index (κ3) is 1.12. The number of rotatable bonds is 2.